The summed E-state index contributed by atoms with van der Waals surface area (Å²) in [6.07, 6.45) is 1.54. The molecule has 3 aromatic rings. The summed E-state index contributed by atoms with van der Waals surface area (Å²) in [5.74, 6) is 1.26. The molecule has 2 N–H and O–H groups in total. The second kappa shape index (κ2) is 8.36. The number of halogens is 1. The van der Waals surface area contributed by atoms with E-state index in [0.29, 0.717) is 22.9 Å². The van der Waals surface area contributed by atoms with E-state index >= 15 is 0 Å². The standard InChI is InChI=1S/C20H18ClN3O2/c1-26-18-9-2-14(3-10-18)12-23-20(25)15-4-11-19(22-13-15)24-17-7-5-16(21)6-8-17/h2-11,13H,12H2,1H3,(H,22,24)(H,23,25). The number of amides is 1. The Bertz CT molecular complexity index is 863. The van der Waals surface area contributed by atoms with E-state index in [9.17, 15) is 4.79 Å². The molecule has 1 heterocycles. The van der Waals surface area contributed by atoms with Crippen LogP contribution < -0.4 is 15.4 Å². The first-order valence-corrected chi connectivity index (χ1v) is 8.41. The zero-order valence-corrected chi connectivity index (χ0v) is 15.0. The van der Waals surface area contributed by atoms with Crippen LogP contribution >= 0.6 is 11.6 Å². The Hall–Kier alpha value is -3.05. The number of benzene rings is 2. The van der Waals surface area contributed by atoms with E-state index in [2.05, 4.69) is 15.6 Å². The van der Waals surface area contributed by atoms with Crippen LogP contribution in [0.5, 0.6) is 5.75 Å². The monoisotopic (exact) mass is 367 g/mol. The molecule has 0 saturated carbocycles. The maximum Gasteiger partial charge on any atom is 0.253 e. The number of nitrogens with zero attached hydrogens (tertiary/aromatic N) is 1. The van der Waals surface area contributed by atoms with Gasteiger partial charge in [-0.25, -0.2) is 4.98 Å². The number of anilines is 2. The van der Waals surface area contributed by atoms with E-state index in [1.54, 1.807) is 37.6 Å². The van der Waals surface area contributed by atoms with Crippen molar-refractivity contribution in [2.75, 3.05) is 12.4 Å². The fourth-order valence-electron chi connectivity index (χ4n) is 2.31. The predicted molar refractivity (Wildman–Crippen MR) is 103 cm³/mol. The molecule has 26 heavy (non-hydrogen) atoms. The number of carbonyl (C=O) groups excluding carboxylic acids is 1. The summed E-state index contributed by atoms with van der Waals surface area (Å²) in [6, 6.07) is 18.4. The SMILES string of the molecule is COc1ccc(CNC(=O)c2ccc(Nc3ccc(Cl)cc3)nc2)cc1. The van der Waals surface area contributed by atoms with Gasteiger partial charge in [0.2, 0.25) is 0 Å². The van der Waals surface area contributed by atoms with Crippen molar-refractivity contribution >= 4 is 29.0 Å². The molecule has 6 heteroatoms. The summed E-state index contributed by atoms with van der Waals surface area (Å²) in [5, 5.41) is 6.70. The average Bonchev–Trinajstić information content (AvgIpc) is 2.69. The quantitative estimate of drug-likeness (QED) is 0.677. The summed E-state index contributed by atoms with van der Waals surface area (Å²) < 4.78 is 5.12. The largest absolute Gasteiger partial charge is 0.497 e. The lowest BCUT2D eigenvalue weighted by Crippen LogP contribution is -2.22. The molecule has 0 aliphatic rings. The second-order valence-electron chi connectivity index (χ2n) is 5.59. The molecule has 132 valence electrons. The molecule has 0 fully saturated rings. The topological polar surface area (TPSA) is 63.2 Å². The number of aromatic nitrogens is 1. The van der Waals surface area contributed by atoms with Gasteiger partial charge in [0.1, 0.15) is 11.6 Å². The minimum absolute atomic E-state index is 0.175. The van der Waals surface area contributed by atoms with Crippen LogP contribution in [0.15, 0.2) is 66.9 Å². The second-order valence-corrected chi connectivity index (χ2v) is 6.03. The number of carbonyl (C=O) groups is 1. The Balaban J connectivity index is 1.56. The number of ether oxygens (including phenoxy) is 1. The summed E-state index contributed by atoms with van der Waals surface area (Å²) in [5.41, 5.74) is 2.37. The number of methoxy groups -OCH3 is 1. The van der Waals surface area contributed by atoms with E-state index in [1.807, 2.05) is 36.4 Å². The van der Waals surface area contributed by atoms with Crippen LogP contribution in [0.3, 0.4) is 0 Å². The molecule has 0 aliphatic heterocycles. The summed E-state index contributed by atoms with van der Waals surface area (Å²) in [4.78, 5) is 16.5. The molecule has 0 saturated heterocycles. The van der Waals surface area contributed by atoms with Crippen LogP contribution in [0.2, 0.25) is 5.02 Å². The van der Waals surface area contributed by atoms with Crippen molar-refractivity contribution in [3.8, 4) is 5.75 Å². The Morgan fingerprint density at radius 3 is 2.38 bits per heavy atom. The molecule has 0 aliphatic carbocycles. The first-order chi connectivity index (χ1) is 12.6. The molecule has 0 spiro atoms. The third-order valence-corrected chi connectivity index (χ3v) is 4.01. The molecular formula is C20H18ClN3O2. The molecule has 1 amide bonds. The van der Waals surface area contributed by atoms with E-state index in [4.69, 9.17) is 16.3 Å². The zero-order chi connectivity index (χ0) is 18.4. The van der Waals surface area contributed by atoms with Crippen LogP contribution in [0, 0.1) is 0 Å². The maximum atomic E-state index is 12.2. The summed E-state index contributed by atoms with van der Waals surface area (Å²) in [6.45, 7) is 0.438. The first kappa shape index (κ1) is 17.8. The fourth-order valence-corrected chi connectivity index (χ4v) is 2.44. The van der Waals surface area contributed by atoms with Gasteiger partial charge >= 0.3 is 0 Å². The van der Waals surface area contributed by atoms with E-state index in [1.165, 1.54) is 0 Å². The molecule has 0 radical (unpaired) electrons. The highest BCUT2D eigenvalue weighted by Crippen LogP contribution is 2.17. The normalized spacial score (nSPS) is 10.2. The van der Waals surface area contributed by atoms with E-state index in [0.717, 1.165) is 17.0 Å². The maximum absolute atomic E-state index is 12.2. The molecule has 0 atom stereocenters. The lowest BCUT2D eigenvalue weighted by atomic mass is 10.2. The molecule has 0 bridgehead atoms. The molecule has 0 unspecified atom stereocenters. The van der Waals surface area contributed by atoms with Gasteiger partial charge in [-0.1, -0.05) is 23.7 Å². The van der Waals surface area contributed by atoms with Crippen LogP contribution in [0.25, 0.3) is 0 Å². The van der Waals surface area contributed by atoms with Gasteiger partial charge in [0.15, 0.2) is 0 Å². The fraction of sp³-hybridized carbons (Fsp3) is 0.100. The molecule has 1 aromatic heterocycles. The lowest BCUT2D eigenvalue weighted by Gasteiger charge is -2.08. The minimum atomic E-state index is -0.175. The van der Waals surface area contributed by atoms with Crippen LogP contribution in [-0.4, -0.2) is 18.0 Å². The van der Waals surface area contributed by atoms with Crippen molar-refractivity contribution in [1.82, 2.24) is 10.3 Å². The Labute approximate surface area is 157 Å². The number of nitrogens with one attached hydrogen (secondary N) is 2. The first-order valence-electron chi connectivity index (χ1n) is 8.04. The van der Waals surface area contributed by atoms with Crippen molar-refractivity contribution in [3.63, 3.8) is 0 Å². The van der Waals surface area contributed by atoms with Gasteiger partial charge in [-0.05, 0) is 54.1 Å². The highest BCUT2D eigenvalue weighted by molar-refractivity contribution is 6.30. The Kier molecular flexibility index (Phi) is 5.71. The van der Waals surface area contributed by atoms with Crippen molar-refractivity contribution in [1.29, 1.82) is 0 Å². The van der Waals surface area contributed by atoms with Crippen molar-refractivity contribution < 1.29 is 9.53 Å². The summed E-state index contributed by atoms with van der Waals surface area (Å²) >= 11 is 5.87. The smallest absolute Gasteiger partial charge is 0.253 e. The van der Waals surface area contributed by atoms with Gasteiger partial charge in [-0.15, -0.1) is 0 Å². The minimum Gasteiger partial charge on any atom is -0.497 e. The van der Waals surface area contributed by atoms with Gasteiger partial charge < -0.3 is 15.4 Å². The highest BCUT2D eigenvalue weighted by atomic mass is 35.5. The van der Waals surface area contributed by atoms with Gasteiger partial charge in [0.25, 0.3) is 5.91 Å². The third kappa shape index (κ3) is 4.74. The van der Waals surface area contributed by atoms with Gasteiger partial charge in [0, 0.05) is 23.5 Å². The van der Waals surface area contributed by atoms with Crippen LogP contribution in [0.1, 0.15) is 15.9 Å². The number of pyridine rings is 1. The van der Waals surface area contributed by atoms with Crippen molar-refractivity contribution in [2.45, 2.75) is 6.54 Å². The van der Waals surface area contributed by atoms with E-state index < -0.39 is 0 Å². The number of hydrogen-bond donors (Lipinski definition) is 2. The molecule has 3 rings (SSSR count). The van der Waals surface area contributed by atoms with E-state index in [-0.39, 0.29) is 5.91 Å². The van der Waals surface area contributed by atoms with Crippen molar-refractivity contribution in [2.24, 2.45) is 0 Å². The lowest BCUT2D eigenvalue weighted by molar-refractivity contribution is 0.0950. The van der Waals surface area contributed by atoms with Gasteiger partial charge in [0.05, 0.1) is 12.7 Å². The number of rotatable bonds is 6. The summed E-state index contributed by atoms with van der Waals surface area (Å²) in [7, 11) is 1.62. The molecule has 5 nitrogen and oxygen atoms in total. The Morgan fingerprint density at radius 2 is 1.77 bits per heavy atom. The van der Waals surface area contributed by atoms with Crippen LogP contribution in [0.4, 0.5) is 11.5 Å². The number of hydrogen-bond acceptors (Lipinski definition) is 4. The molecule has 2 aromatic carbocycles. The predicted octanol–water partition coefficient (Wildman–Crippen LogP) is 4.42. The zero-order valence-electron chi connectivity index (χ0n) is 14.2. The third-order valence-electron chi connectivity index (χ3n) is 3.75. The Morgan fingerprint density at radius 1 is 1.04 bits per heavy atom. The highest BCUT2D eigenvalue weighted by Gasteiger charge is 2.06. The van der Waals surface area contributed by atoms with Crippen molar-refractivity contribution in [3.05, 3.63) is 83.0 Å². The molecular weight excluding hydrogens is 350 g/mol. The van der Waals surface area contributed by atoms with Gasteiger partial charge in [-0.2, -0.15) is 0 Å². The average molecular weight is 368 g/mol. The van der Waals surface area contributed by atoms with Gasteiger partial charge in [-0.3, -0.25) is 4.79 Å². The van der Waals surface area contributed by atoms with Crippen LogP contribution in [-0.2, 0) is 6.54 Å².